The number of rotatable bonds is 2. The molecule has 0 spiro atoms. The lowest BCUT2D eigenvalue weighted by molar-refractivity contribution is 0.221. The molecule has 1 N–H and O–H groups in total. The fourth-order valence-electron chi connectivity index (χ4n) is 3.15. The third-order valence-electron chi connectivity index (χ3n) is 4.13. The summed E-state index contributed by atoms with van der Waals surface area (Å²) in [6.07, 6.45) is 10.3. The maximum absolute atomic E-state index is 3.65. The van der Waals surface area contributed by atoms with Crippen LogP contribution in [0.5, 0.6) is 0 Å². The second-order valence-electron chi connectivity index (χ2n) is 4.96. The van der Waals surface area contributed by atoms with Crippen molar-refractivity contribution in [1.29, 1.82) is 0 Å². The molecule has 2 aliphatic rings. The Hall–Kier alpha value is -0.0400. The van der Waals surface area contributed by atoms with Crippen molar-refractivity contribution in [2.24, 2.45) is 11.8 Å². The van der Waals surface area contributed by atoms with Crippen LogP contribution >= 0.6 is 0 Å². The lowest BCUT2D eigenvalue weighted by Gasteiger charge is -2.31. The summed E-state index contributed by atoms with van der Waals surface area (Å²) in [5, 5.41) is 3.65. The monoisotopic (exact) mass is 181 g/mol. The van der Waals surface area contributed by atoms with Crippen LogP contribution in [0.3, 0.4) is 0 Å². The topological polar surface area (TPSA) is 12.0 Å². The molecule has 0 unspecified atom stereocenters. The Morgan fingerprint density at radius 2 is 1.77 bits per heavy atom. The van der Waals surface area contributed by atoms with Crippen molar-refractivity contribution in [2.45, 2.75) is 57.9 Å². The molecule has 1 saturated heterocycles. The van der Waals surface area contributed by atoms with Gasteiger partial charge in [-0.15, -0.1) is 0 Å². The van der Waals surface area contributed by atoms with E-state index in [1.807, 2.05) is 0 Å². The second kappa shape index (κ2) is 4.45. The van der Waals surface area contributed by atoms with Crippen LogP contribution in [0.4, 0.5) is 0 Å². The summed E-state index contributed by atoms with van der Waals surface area (Å²) in [5.41, 5.74) is 0. The van der Waals surface area contributed by atoms with Crippen LogP contribution in [0, 0.1) is 11.8 Å². The highest BCUT2D eigenvalue weighted by atomic mass is 14.9. The lowest BCUT2D eigenvalue weighted by Crippen LogP contribution is -2.34. The third kappa shape index (κ3) is 2.25. The molecule has 0 amide bonds. The van der Waals surface area contributed by atoms with Gasteiger partial charge >= 0.3 is 0 Å². The first-order chi connectivity index (χ1) is 6.38. The maximum Gasteiger partial charge on any atom is 0.00958 e. The summed E-state index contributed by atoms with van der Waals surface area (Å²) in [6.45, 7) is 3.74. The van der Waals surface area contributed by atoms with E-state index in [4.69, 9.17) is 0 Å². The van der Waals surface area contributed by atoms with Gasteiger partial charge in [-0.05, 0) is 31.2 Å². The van der Waals surface area contributed by atoms with Crippen LogP contribution in [0.25, 0.3) is 0 Å². The van der Waals surface area contributed by atoms with Crippen molar-refractivity contribution < 1.29 is 0 Å². The van der Waals surface area contributed by atoms with Crippen LogP contribution in [-0.2, 0) is 0 Å². The minimum absolute atomic E-state index is 0.850. The van der Waals surface area contributed by atoms with Crippen molar-refractivity contribution in [3.05, 3.63) is 0 Å². The van der Waals surface area contributed by atoms with Crippen molar-refractivity contribution in [3.63, 3.8) is 0 Å². The molecule has 1 aliphatic carbocycles. The van der Waals surface area contributed by atoms with Crippen LogP contribution in [0.1, 0.15) is 51.9 Å². The second-order valence-corrected chi connectivity index (χ2v) is 4.96. The SMILES string of the molecule is C[C@H](C1CCCCC1)[C@H]1CCCN1. The Labute approximate surface area is 82.3 Å². The molecule has 1 saturated carbocycles. The summed E-state index contributed by atoms with van der Waals surface area (Å²) in [7, 11) is 0. The van der Waals surface area contributed by atoms with E-state index in [-0.39, 0.29) is 0 Å². The van der Waals surface area contributed by atoms with Crippen molar-refractivity contribution in [2.75, 3.05) is 6.54 Å². The first-order valence-electron chi connectivity index (χ1n) is 6.11. The first-order valence-corrected chi connectivity index (χ1v) is 6.11. The van der Waals surface area contributed by atoms with Gasteiger partial charge in [-0.1, -0.05) is 39.0 Å². The van der Waals surface area contributed by atoms with E-state index < -0.39 is 0 Å². The first kappa shape index (κ1) is 9.51. The zero-order chi connectivity index (χ0) is 9.10. The average Bonchev–Trinajstić information content (AvgIpc) is 2.71. The Morgan fingerprint density at radius 3 is 2.38 bits per heavy atom. The van der Waals surface area contributed by atoms with Gasteiger partial charge in [-0.2, -0.15) is 0 Å². The number of hydrogen-bond acceptors (Lipinski definition) is 1. The molecule has 2 atom stereocenters. The van der Waals surface area contributed by atoms with Crippen LogP contribution in [-0.4, -0.2) is 12.6 Å². The van der Waals surface area contributed by atoms with E-state index in [9.17, 15) is 0 Å². The summed E-state index contributed by atoms with van der Waals surface area (Å²) in [4.78, 5) is 0. The minimum atomic E-state index is 0.850. The van der Waals surface area contributed by atoms with Gasteiger partial charge in [-0.25, -0.2) is 0 Å². The van der Waals surface area contributed by atoms with Gasteiger partial charge in [0.05, 0.1) is 0 Å². The Kier molecular flexibility index (Phi) is 3.26. The minimum Gasteiger partial charge on any atom is -0.314 e. The smallest absolute Gasteiger partial charge is 0.00958 e. The highest BCUT2D eigenvalue weighted by Gasteiger charge is 2.28. The molecule has 0 bridgehead atoms. The number of nitrogens with one attached hydrogen (secondary N) is 1. The van der Waals surface area contributed by atoms with E-state index >= 15 is 0 Å². The Morgan fingerprint density at radius 1 is 1.00 bits per heavy atom. The van der Waals surface area contributed by atoms with Gasteiger partial charge in [0.2, 0.25) is 0 Å². The van der Waals surface area contributed by atoms with E-state index in [1.54, 1.807) is 0 Å². The molecule has 0 aromatic carbocycles. The quantitative estimate of drug-likeness (QED) is 0.690. The lowest BCUT2D eigenvalue weighted by atomic mass is 9.77. The van der Waals surface area contributed by atoms with Crippen molar-refractivity contribution >= 4 is 0 Å². The van der Waals surface area contributed by atoms with E-state index in [0.717, 1.165) is 17.9 Å². The maximum atomic E-state index is 3.65. The third-order valence-corrected chi connectivity index (χ3v) is 4.13. The largest absolute Gasteiger partial charge is 0.314 e. The molecule has 1 aliphatic heterocycles. The van der Waals surface area contributed by atoms with E-state index in [2.05, 4.69) is 12.2 Å². The fourth-order valence-corrected chi connectivity index (χ4v) is 3.15. The molecule has 1 heterocycles. The van der Waals surface area contributed by atoms with Crippen molar-refractivity contribution in [3.8, 4) is 0 Å². The summed E-state index contributed by atoms with van der Waals surface area (Å²) in [6, 6.07) is 0.850. The van der Waals surface area contributed by atoms with Gasteiger partial charge in [-0.3, -0.25) is 0 Å². The van der Waals surface area contributed by atoms with Gasteiger partial charge in [0.1, 0.15) is 0 Å². The van der Waals surface area contributed by atoms with E-state index in [1.165, 1.54) is 51.5 Å². The molecule has 1 heteroatoms. The molecule has 2 rings (SSSR count). The van der Waals surface area contributed by atoms with Gasteiger partial charge in [0.25, 0.3) is 0 Å². The summed E-state index contributed by atoms with van der Waals surface area (Å²) in [5.74, 6) is 1.96. The van der Waals surface area contributed by atoms with Crippen LogP contribution in [0.15, 0.2) is 0 Å². The molecule has 1 nitrogen and oxygen atoms in total. The molecule has 76 valence electrons. The highest BCUT2D eigenvalue weighted by molar-refractivity contribution is 4.84. The molecular weight excluding hydrogens is 158 g/mol. The zero-order valence-electron chi connectivity index (χ0n) is 8.89. The Balaban J connectivity index is 1.83. The molecule has 2 fully saturated rings. The molecular formula is C12H23N. The van der Waals surface area contributed by atoms with E-state index in [0.29, 0.717) is 0 Å². The van der Waals surface area contributed by atoms with Crippen LogP contribution in [0.2, 0.25) is 0 Å². The zero-order valence-corrected chi connectivity index (χ0v) is 8.89. The Bertz CT molecular complexity index is 143. The predicted octanol–water partition coefficient (Wildman–Crippen LogP) is 2.95. The van der Waals surface area contributed by atoms with Gasteiger partial charge in [0.15, 0.2) is 0 Å². The predicted molar refractivity (Wildman–Crippen MR) is 56.8 cm³/mol. The summed E-state index contributed by atoms with van der Waals surface area (Å²) >= 11 is 0. The van der Waals surface area contributed by atoms with Crippen LogP contribution < -0.4 is 5.32 Å². The molecule has 0 aromatic heterocycles. The molecule has 0 aromatic rings. The highest BCUT2D eigenvalue weighted by Crippen LogP contribution is 2.33. The van der Waals surface area contributed by atoms with Gasteiger partial charge < -0.3 is 5.32 Å². The summed E-state index contributed by atoms with van der Waals surface area (Å²) < 4.78 is 0. The van der Waals surface area contributed by atoms with Gasteiger partial charge in [0, 0.05) is 6.04 Å². The number of hydrogen-bond donors (Lipinski definition) is 1. The van der Waals surface area contributed by atoms with Crippen molar-refractivity contribution in [1.82, 2.24) is 5.32 Å². The standard InChI is InChI=1S/C12H23N/c1-10(12-8-5-9-13-12)11-6-3-2-4-7-11/h10-13H,2-9H2,1H3/t10-,12-/m1/s1. The normalized spacial score (nSPS) is 33.5. The fraction of sp³-hybridized carbons (Fsp3) is 1.00. The molecule has 13 heavy (non-hydrogen) atoms. The average molecular weight is 181 g/mol. The molecule has 0 radical (unpaired) electrons.